The molecule has 0 aliphatic carbocycles. The van der Waals surface area contributed by atoms with Crippen molar-refractivity contribution in [2.75, 3.05) is 18.4 Å². The molecule has 0 saturated carbocycles. The molecule has 3 rings (SSSR count). The van der Waals surface area contributed by atoms with Crippen LogP contribution in [0, 0.1) is 5.92 Å². The van der Waals surface area contributed by atoms with Crippen LogP contribution in [0.4, 0.5) is 5.69 Å². The van der Waals surface area contributed by atoms with Gasteiger partial charge in [0.05, 0.1) is 5.69 Å². The highest BCUT2D eigenvalue weighted by molar-refractivity contribution is 6.01. The Hall–Kier alpha value is -1.81. The maximum atomic E-state index is 12.1. The van der Waals surface area contributed by atoms with Crippen LogP contribution in [0.5, 0.6) is 0 Å². The second-order valence-corrected chi connectivity index (χ2v) is 4.66. The zero-order chi connectivity index (χ0) is 12.4. The monoisotopic (exact) mass is 244 g/mol. The van der Waals surface area contributed by atoms with E-state index in [1.54, 1.807) is 6.26 Å². The summed E-state index contributed by atoms with van der Waals surface area (Å²) in [5, 5.41) is 7.19. The predicted molar refractivity (Wildman–Crippen MR) is 70.4 cm³/mol. The predicted octanol–water partition coefficient (Wildman–Crippen LogP) is 2.37. The molecule has 94 valence electrons. The molecule has 1 saturated heterocycles. The Morgan fingerprint density at radius 3 is 2.89 bits per heavy atom. The lowest BCUT2D eigenvalue weighted by Gasteiger charge is -2.21. The summed E-state index contributed by atoms with van der Waals surface area (Å²) >= 11 is 0. The second-order valence-electron chi connectivity index (χ2n) is 4.66. The van der Waals surface area contributed by atoms with Gasteiger partial charge in [-0.25, -0.2) is 0 Å². The molecule has 2 N–H and O–H groups in total. The molecule has 4 nitrogen and oxygen atoms in total. The molecule has 2 aromatic rings. The Balaban J connectivity index is 1.77. The summed E-state index contributed by atoms with van der Waals surface area (Å²) in [6.07, 6.45) is 3.42. The molecule has 4 heteroatoms. The average Bonchev–Trinajstić information content (AvgIpc) is 2.83. The number of hydrogen-bond acceptors (Lipinski definition) is 3. The van der Waals surface area contributed by atoms with E-state index in [1.807, 2.05) is 24.3 Å². The summed E-state index contributed by atoms with van der Waals surface area (Å²) in [5.74, 6) is 0.211. The van der Waals surface area contributed by atoms with Crippen LogP contribution in [-0.2, 0) is 4.79 Å². The summed E-state index contributed by atoms with van der Waals surface area (Å²) in [6, 6.07) is 7.72. The molecule has 1 aromatic carbocycles. The van der Waals surface area contributed by atoms with Gasteiger partial charge in [-0.15, -0.1) is 0 Å². The topological polar surface area (TPSA) is 54.3 Å². The molecular formula is C14H16N2O2. The summed E-state index contributed by atoms with van der Waals surface area (Å²) in [6.45, 7) is 1.84. The van der Waals surface area contributed by atoms with Crippen molar-refractivity contribution in [1.82, 2.24) is 5.32 Å². The van der Waals surface area contributed by atoms with E-state index in [9.17, 15) is 4.79 Å². The highest BCUT2D eigenvalue weighted by atomic mass is 16.3. The van der Waals surface area contributed by atoms with Crippen LogP contribution < -0.4 is 10.6 Å². The first-order chi connectivity index (χ1) is 8.84. The standard InChI is InChI=1S/C14H16N2O2/c17-14(10-5-7-15-8-6-10)16-12-9-18-13-4-2-1-3-11(12)13/h1-4,9-10,15H,5-8H2,(H,16,17). The van der Waals surface area contributed by atoms with Crippen LogP contribution in [0.25, 0.3) is 11.0 Å². The fourth-order valence-corrected chi connectivity index (χ4v) is 2.39. The molecule has 1 aliphatic heterocycles. The van der Waals surface area contributed by atoms with E-state index in [4.69, 9.17) is 4.42 Å². The molecule has 0 spiro atoms. The molecule has 0 bridgehead atoms. The molecule has 1 fully saturated rings. The second kappa shape index (κ2) is 4.82. The van der Waals surface area contributed by atoms with Crippen LogP contribution in [0.15, 0.2) is 34.9 Å². The number of carbonyl (C=O) groups excluding carboxylic acids is 1. The molecule has 0 unspecified atom stereocenters. The molecule has 18 heavy (non-hydrogen) atoms. The van der Waals surface area contributed by atoms with Crippen molar-refractivity contribution < 1.29 is 9.21 Å². The Morgan fingerprint density at radius 2 is 2.06 bits per heavy atom. The Labute approximate surface area is 105 Å². The van der Waals surface area contributed by atoms with Crippen molar-refractivity contribution >= 4 is 22.6 Å². The fourth-order valence-electron chi connectivity index (χ4n) is 2.39. The summed E-state index contributed by atoms with van der Waals surface area (Å²) in [7, 11) is 0. The first-order valence-corrected chi connectivity index (χ1v) is 6.32. The van der Waals surface area contributed by atoms with Crippen molar-refractivity contribution in [3.63, 3.8) is 0 Å². The number of fused-ring (bicyclic) bond motifs is 1. The number of furan rings is 1. The van der Waals surface area contributed by atoms with E-state index >= 15 is 0 Å². The van der Waals surface area contributed by atoms with E-state index in [-0.39, 0.29) is 11.8 Å². The van der Waals surface area contributed by atoms with Crippen molar-refractivity contribution in [2.24, 2.45) is 5.92 Å². The third kappa shape index (κ3) is 2.11. The van der Waals surface area contributed by atoms with Gasteiger partial charge >= 0.3 is 0 Å². The highest BCUT2D eigenvalue weighted by Gasteiger charge is 2.21. The number of carbonyl (C=O) groups is 1. The Morgan fingerprint density at radius 1 is 1.28 bits per heavy atom. The SMILES string of the molecule is O=C(Nc1coc2ccccc12)C1CCNCC1. The number of para-hydroxylation sites is 1. The number of rotatable bonds is 2. The van der Waals surface area contributed by atoms with Gasteiger partial charge in [0.1, 0.15) is 11.8 Å². The lowest BCUT2D eigenvalue weighted by Crippen LogP contribution is -2.34. The van der Waals surface area contributed by atoms with Crippen LogP contribution in [0.1, 0.15) is 12.8 Å². The van der Waals surface area contributed by atoms with Gasteiger partial charge in [0.15, 0.2) is 0 Å². The average molecular weight is 244 g/mol. The molecule has 0 radical (unpaired) electrons. The number of hydrogen-bond donors (Lipinski definition) is 2. The molecule has 0 atom stereocenters. The number of benzene rings is 1. The number of piperidine rings is 1. The maximum absolute atomic E-state index is 12.1. The first kappa shape index (κ1) is 11.3. The van der Waals surface area contributed by atoms with Crippen molar-refractivity contribution in [3.8, 4) is 0 Å². The lowest BCUT2D eigenvalue weighted by molar-refractivity contribution is -0.120. The van der Waals surface area contributed by atoms with Crippen molar-refractivity contribution in [1.29, 1.82) is 0 Å². The number of nitrogens with one attached hydrogen (secondary N) is 2. The van der Waals surface area contributed by atoms with E-state index in [2.05, 4.69) is 10.6 Å². The normalized spacial score (nSPS) is 16.9. The molecule has 1 amide bonds. The Kier molecular flexibility index (Phi) is 3.02. The van der Waals surface area contributed by atoms with E-state index in [1.165, 1.54) is 0 Å². The maximum Gasteiger partial charge on any atom is 0.227 e. The van der Waals surface area contributed by atoms with Gasteiger partial charge in [0, 0.05) is 11.3 Å². The van der Waals surface area contributed by atoms with E-state index < -0.39 is 0 Å². The smallest absolute Gasteiger partial charge is 0.227 e. The minimum Gasteiger partial charge on any atom is -0.462 e. The third-order valence-electron chi connectivity index (χ3n) is 3.45. The van der Waals surface area contributed by atoms with Crippen LogP contribution in [0.3, 0.4) is 0 Å². The van der Waals surface area contributed by atoms with Gasteiger partial charge in [-0.1, -0.05) is 12.1 Å². The van der Waals surface area contributed by atoms with Gasteiger partial charge in [0.2, 0.25) is 5.91 Å². The summed E-state index contributed by atoms with van der Waals surface area (Å²) in [4.78, 5) is 12.1. The van der Waals surface area contributed by atoms with Crippen LogP contribution >= 0.6 is 0 Å². The quantitative estimate of drug-likeness (QED) is 0.852. The van der Waals surface area contributed by atoms with Crippen molar-refractivity contribution in [2.45, 2.75) is 12.8 Å². The zero-order valence-electron chi connectivity index (χ0n) is 10.1. The Bertz CT molecular complexity index is 556. The molecule has 2 heterocycles. The number of anilines is 1. The molecule has 1 aliphatic rings. The van der Waals surface area contributed by atoms with Gasteiger partial charge in [0.25, 0.3) is 0 Å². The minimum atomic E-state index is 0.100. The summed E-state index contributed by atoms with van der Waals surface area (Å²) < 4.78 is 5.41. The van der Waals surface area contributed by atoms with Crippen molar-refractivity contribution in [3.05, 3.63) is 30.5 Å². The van der Waals surface area contributed by atoms with E-state index in [0.717, 1.165) is 42.6 Å². The molecule has 1 aromatic heterocycles. The zero-order valence-corrected chi connectivity index (χ0v) is 10.1. The lowest BCUT2D eigenvalue weighted by atomic mass is 9.97. The van der Waals surface area contributed by atoms with Crippen LogP contribution in [0.2, 0.25) is 0 Å². The molecular weight excluding hydrogens is 228 g/mol. The van der Waals surface area contributed by atoms with Gasteiger partial charge < -0.3 is 15.1 Å². The van der Waals surface area contributed by atoms with Crippen LogP contribution in [-0.4, -0.2) is 19.0 Å². The fraction of sp³-hybridized carbons (Fsp3) is 0.357. The highest BCUT2D eigenvalue weighted by Crippen LogP contribution is 2.26. The van der Waals surface area contributed by atoms with Gasteiger partial charge in [-0.2, -0.15) is 0 Å². The number of amides is 1. The first-order valence-electron chi connectivity index (χ1n) is 6.32. The van der Waals surface area contributed by atoms with Gasteiger partial charge in [-0.05, 0) is 38.1 Å². The van der Waals surface area contributed by atoms with Gasteiger partial charge in [-0.3, -0.25) is 4.79 Å². The van der Waals surface area contributed by atoms with E-state index in [0.29, 0.717) is 0 Å². The minimum absolute atomic E-state index is 0.100. The third-order valence-corrected chi connectivity index (χ3v) is 3.45. The largest absolute Gasteiger partial charge is 0.462 e. The summed E-state index contributed by atoms with van der Waals surface area (Å²) in [5.41, 5.74) is 1.58.